The number of nitrogens with one attached hydrogen (secondary N) is 1. The molecule has 3 aromatic rings. The van der Waals surface area contributed by atoms with Crippen molar-refractivity contribution in [2.75, 3.05) is 13.6 Å². The predicted octanol–water partition coefficient (Wildman–Crippen LogP) is 4.18. The van der Waals surface area contributed by atoms with Crippen LogP contribution in [0.1, 0.15) is 44.6 Å². The molecule has 2 aromatic carbocycles. The number of fused-ring (bicyclic) bond motifs is 1. The van der Waals surface area contributed by atoms with Gasteiger partial charge in [0.1, 0.15) is 0 Å². The van der Waals surface area contributed by atoms with Gasteiger partial charge in [-0.2, -0.15) is 0 Å². The number of carbonyl (C=O) groups excluding carboxylic acids is 1. The quantitative estimate of drug-likeness (QED) is 0.436. The first kappa shape index (κ1) is 26.9. The fourth-order valence-corrected chi connectivity index (χ4v) is 6.39. The average molecular weight is 526 g/mol. The smallest absolute Gasteiger partial charge is 0.303 e. The lowest BCUT2D eigenvalue weighted by Crippen LogP contribution is -2.41. The molecular formula is C28H35N3O5S. The second-order valence-corrected chi connectivity index (χ2v) is 11.6. The number of rotatable bonds is 9. The molecule has 0 aliphatic heterocycles. The zero-order valence-electron chi connectivity index (χ0n) is 21.6. The standard InChI is InChI=1S/C28H35N3O5S/c1-4-30(2)28(34)21-10-13-23(14-11-21)29-37(35,36)24-15-12-22-17-25(31(3)26(22)18-24)20-8-5-19(6-9-20)7-16-27(32)33/h5-6,8-9,12,15,17-18,21,23,29H,4,7,10-11,13-14,16H2,1-3H3,(H,32,33). The molecule has 1 fully saturated rings. The summed E-state index contributed by atoms with van der Waals surface area (Å²) in [6, 6.07) is 14.8. The van der Waals surface area contributed by atoms with Crippen LogP contribution in [-0.2, 0) is 33.1 Å². The van der Waals surface area contributed by atoms with Crippen LogP contribution in [0.5, 0.6) is 0 Å². The first-order chi connectivity index (χ1) is 17.6. The Morgan fingerprint density at radius 1 is 1.05 bits per heavy atom. The third-order valence-corrected chi connectivity index (χ3v) is 8.97. The molecule has 0 spiro atoms. The van der Waals surface area contributed by atoms with Crippen molar-refractivity contribution in [3.63, 3.8) is 0 Å². The molecule has 1 saturated carbocycles. The highest BCUT2D eigenvalue weighted by molar-refractivity contribution is 7.89. The third kappa shape index (κ3) is 6.05. The maximum absolute atomic E-state index is 13.2. The number of aliphatic carboxylic acids is 1. The summed E-state index contributed by atoms with van der Waals surface area (Å²) < 4.78 is 31.3. The molecule has 0 atom stereocenters. The van der Waals surface area contributed by atoms with Gasteiger partial charge in [0.25, 0.3) is 0 Å². The maximum atomic E-state index is 13.2. The number of aryl methyl sites for hydroxylation is 2. The Hall–Kier alpha value is -3.17. The predicted molar refractivity (Wildman–Crippen MR) is 144 cm³/mol. The Morgan fingerprint density at radius 2 is 1.73 bits per heavy atom. The van der Waals surface area contributed by atoms with Gasteiger partial charge in [0.2, 0.25) is 15.9 Å². The summed E-state index contributed by atoms with van der Waals surface area (Å²) >= 11 is 0. The SMILES string of the molecule is CCN(C)C(=O)C1CCC(NS(=O)(=O)c2ccc3cc(-c4ccc(CCC(=O)O)cc4)n(C)c3c2)CC1. The van der Waals surface area contributed by atoms with Crippen molar-refractivity contribution in [1.82, 2.24) is 14.2 Å². The van der Waals surface area contributed by atoms with E-state index >= 15 is 0 Å². The fourth-order valence-electron chi connectivity index (χ4n) is 5.06. The van der Waals surface area contributed by atoms with Crippen molar-refractivity contribution < 1.29 is 23.1 Å². The van der Waals surface area contributed by atoms with Gasteiger partial charge in [-0.15, -0.1) is 0 Å². The van der Waals surface area contributed by atoms with Gasteiger partial charge in [-0.05, 0) is 68.4 Å². The zero-order chi connectivity index (χ0) is 26.7. The van der Waals surface area contributed by atoms with Gasteiger partial charge in [0.15, 0.2) is 0 Å². The Balaban J connectivity index is 1.48. The molecule has 0 bridgehead atoms. The van der Waals surface area contributed by atoms with E-state index in [1.165, 1.54) is 0 Å². The van der Waals surface area contributed by atoms with Crippen LogP contribution in [0.3, 0.4) is 0 Å². The summed E-state index contributed by atoms with van der Waals surface area (Å²) in [4.78, 5) is 25.2. The molecule has 2 N–H and O–H groups in total. The molecule has 1 aliphatic rings. The molecule has 0 saturated heterocycles. The van der Waals surface area contributed by atoms with E-state index < -0.39 is 16.0 Å². The minimum atomic E-state index is -3.71. The van der Waals surface area contributed by atoms with Gasteiger partial charge in [-0.25, -0.2) is 13.1 Å². The van der Waals surface area contributed by atoms with Crippen molar-refractivity contribution in [1.29, 1.82) is 0 Å². The molecular weight excluding hydrogens is 490 g/mol. The van der Waals surface area contributed by atoms with Crippen LogP contribution < -0.4 is 4.72 Å². The Kier molecular flexibility index (Phi) is 8.04. The van der Waals surface area contributed by atoms with Gasteiger partial charge in [-0.3, -0.25) is 9.59 Å². The van der Waals surface area contributed by atoms with Crippen LogP contribution in [0.2, 0.25) is 0 Å². The summed E-state index contributed by atoms with van der Waals surface area (Å²) in [5.74, 6) is -0.709. The molecule has 1 heterocycles. The van der Waals surface area contributed by atoms with E-state index in [1.54, 1.807) is 24.1 Å². The molecule has 4 rings (SSSR count). The van der Waals surface area contributed by atoms with Crippen LogP contribution in [-0.4, -0.2) is 54.5 Å². The van der Waals surface area contributed by atoms with Crippen LogP contribution in [0, 0.1) is 5.92 Å². The van der Waals surface area contributed by atoms with Crippen LogP contribution in [0.15, 0.2) is 53.4 Å². The number of carboxylic acid groups (broad SMARTS) is 1. The molecule has 0 radical (unpaired) electrons. The summed E-state index contributed by atoms with van der Waals surface area (Å²) in [6.07, 6.45) is 3.23. The molecule has 37 heavy (non-hydrogen) atoms. The number of carbonyl (C=O) groups is 2. The summed E-state index contributed by atoms with van der Waals surface area (Å²) in [5, 5.41) is 9.82. The van der Waals surface area contributed by atoms with Gasteiger partial charge >= 0.3 is 5.97 Å². The molecule has 8 nitrogen and oxygen atoms in total. The molecule has 1 amide bonds. The van der Waals surface area contributed by atoms with Crippen molar-refractivity contribution in [3.05, 3.63) is 54.1 Å². The van der Waals surface area contributed by atoms with Gasteiger partial charge in [-0.1, -0.05) is 30.3 Å². The first-order valence-electron chi connectivity index (χ1n) is 12.8. The van der Waals surface area contributed by atoms with E-state index in [1.807, 2.05) is 54.9 Å². The lowest BCUT2D eigenvalue weighted by molar-refractivity contribution is -0.137. The maximum Gasteiger partial charge on any atom is 0.303 e. The Labute approximate surface area is 218 Å². The lowest BCUT2D eigenvalue weighted by atomic mass is 9.85. The summed E-state index contributed by atoms with van der Waals surface area (Å²) in [7, 11) is 0.00566. The van der Waals surface area contributed by atoms with E-state index in [-0.39, 0.29) is 29.2 Å². The van der Waals surface area contributed by atoms with E-state index in [9.17, 15) is 18.0 Å². The van der Waals surface area contributed by atoms with Crippen LogP contribution in [0.25, 0.3) is 22.2 Å². The summed E-state index contributed by atoms with van der Waals surface area (Å²) in [5.41, 5.74) is 3.69. The number of amides is 1. The van der Waals surface area contributed by atoms with Crippen molar-refractivity contribution in [2.24, 2.45) is 13.0 Å². The number of hydrogen-bond acceptors (Lipinski definition) is 4. The summed E-state index contributed by atoms with van der Waals surface area (Å²) in [6.45, 7) is 2.62. The highest BCUT2D eigenvalue weighted by Crippen LogP contribution is 2.30. The minimum Gasteiger partial charge on any atom is -0.481 e. The van der Waals surface area contributed by atoms with Crippen molar-refractivity contribution >= 4 is 32.8 Å². The molecule has 1 aromatic heterocycles. The molecule has 9 heteroatoms. The van der Waals surface area contributed by atoms with E-state index in [2.05, 4.69) is 4.72 Å². The van der Waals surface area contributed by atoms with Gasteiger partial charge in [0, 0.05) is 55.6 Å². The molecule has 1 aliphatic carbocycles. The Morgan fingerprint density at radius 3 is 2.35 bits per heavy atom. The number of hydrogen-bond donors (Lipinski definition) is 2. The van der Waals surface area contributed by atoms with Gasteiger partial charge < -0.3 is 14.6 Å². The van der Waals surface area contributed by atoms with E-state index in [0.717, 1.165) is 27.7 Å². The molecule has 198 valence electrons. The van der Waals surface area contributed by atoms with Gasteiger partial charge in [0.05, 0.1) is 4.90 Å². The number of carboxylic acids is 1. The number of benzene rings is 2. The Bertz CT molecular complexity index is 1390. The second-order valence-electron chi connectivity index (χ2n) is 9.92. The molecule has 0 unspecified atom stereocenters. The number of sulfonamides is 1. The average Bonchev–Trinajstić information content (AvgIpc) is 3.22. The largest absolute Gasteiger partial charge is 0.481 e. The lowest BCUT2D eigenvalue weighted by Gasteiger charge is -2.30. The minimum absolute atomic E-state index is 0.0323. The zero-order valence-corrected chi connectivity index (χ0v) is 22.4. The van der Waals surface area contributed by atoms with E-state index in [4.69, 9.17) is 5.11 Å². The fraction of sp³-hybridized carbons (Fsp3) is 0.429. The number of aromatic nitrogens is 1. The normalized spacial score (nSPS) is 18.1. The monoisotopic (exact) mass is 525 g/mol. The highest BCUT2D eigenvalue weighted by atomic mass is 32.2. The highest BCUT2D eigenvalue weighted by Gasteiger charge is 2.30. The van der Waals surface area contributed by atoms with Crippen LogP contribution >= 0.6 is 0 Å². The van der Waals surface area contributed by atoms with E-state index in [0.29, 0.717) is 38.6 Å². The third-order valence-electron chi connectivity index (χ3n) is 7.45. The van der Waals surface area contributed by atoms with Crippen molar-refractivity contribution in [2.45, 2.75) is 56.4 Å². The number of nitrogens with zero attached hydrogens (tertiary/aromatic N) is 2. The second kappa shape index (κ2) is 11.1. The topological polar surface area (TPSA) is 109 Å². The van der Waals surface area contributed by atoms with Crippen LogP contribution in [0.4, 0.5) is 0 Å². The van der Waals surface area contributed by atoms with Crippen molar-refractivity contribution in [3.8, 4) is 11.3 Å². The first-order valence-corrected chi connectivity index (χ1v) is 14.2.